The van der Waals surface area contributed by atoms with Gasteiger partial charge < -0.3 is 9.84 Å². The van der Waals surface area contributed by atoms with Crippen LogP contribution in [0.1, 0.15) is 31.0 Å². The van der Waals surface area contributed by atoms with Gasteiger partial charge in [-0.3, -0.25) is 4.57 Å². The maximum Gasteiger partial charge on any atom is 0.320 e. The summed E-state index contributed by atoms with van der Waals surface area (Å²) >= 11 is 0. The molecule has 1 N–H and O–H groups in total. The highest BCUT2D eigenvalue weighted by Gasteiger charge is 2.13. The molecule has 108 valence electrons. The van der Waals surface area contributed by atoms with Crippen LogP contribution < -0.4 is 4.74 Å². The first-order valence-electron chi connectivity index (χ1n) is 5.89. The Balaban J connectivity index is 2.09. The van der Waals surface area contributed by atoms with Crippen LogP contribution in [-0.2, 0) is 6.61 Å². The third-order valence-electron chi connectivity index (χ3n) is 2.75. The largest absolute Gasteiger partial charge is 0.483 e. The Morgan fingerprint density at radius 1 is 1.40 bits per heavy atom. The minimum Gasteiger partial charge on any atom is -0.483 e. The zero-order valence-electron chi connectivity index (χ0n) is 10.6. The summed E-state index contributed by atoms with van der Waals surface area (Å²) in [5.41, 5.74) is 0.406. The summed E-state index contributed by atoms with van der Waals surface area (Å²) in [6.07, 6.45) is 1.55. The van der Waals surface area contributed by atoms with Gasteiger partial charge in [-0.25, -0.2) is 9.37 Å². The lowest BCUT2D eigenvalue weighted by Crippen LogP contribution is -2.08. The van der Waals surface area contributed by atoms with E-state index in [1.54, 1.807) is 0 Å². The normalized spacial score (nSPS) is 12.7. The highest BCUT2D eigenvalue weighted by atomic mass is 19.3. The summed E-state index contributed by atoms with van der Waals surface area (Å²) in [6, 6.07) is 3.98. The molecule has 1 atom stereocenters. The van der Waals surface area contributed by atoms with Crippen molar-refractivity contribution in [1.29, 1.82) is 0 Å². The average Bonchev–Trinajstić information content (AvgIpc) is 2.85. The first-order chi connectivity index (χ1) is 9.49. The molecule has 0 saturated heterocycles. The molecule has 1 aromatic heterocycles. The Hall–Kier alpha value is -2.02. The third-order valence-corrected chi connectivity index (χ3v) is 2.75. The summed E-state index contributed by atoms with van der Waals surface area (Å²) in [4.78, 5) is 3.72. The third kappa shape index (κ3) is 3.11. The Bertz CT molecular complexity index is 585. The SMILES string of the molecule is C[C@H](O)c1ccc(OCc2nccn2C(F)F)c(F)c1. The molecule has 0 aliphatic heterocycles. The van der Waals surface area contributed by atoms with E-state index in [0.29, 0.717) is 10.1 Å². The molecule has 0 bridgehead atoms. The van der Waals surface area contributed by atoms with E-state index in [1.807, 2.05) is 0 Å². The van der Waals surface area contributed by atoms with E-state index < -0.39 is 18.5 Å². The fourth-order valence-electron chi connectivity index (χ4n) is 1.67. The topological polar surface area (TPSA) is 47.3 Å². The van der Waals surface area contributed by atoms with Crippen LogP contribution in [0.5, 0.6) is 5.75 Å². The molecule has 0 aliphatic carbocycles. The molecule has 0 spiro atoms. The van der Waals surface area contributed by atoms with Crippen LogP contribution in [0.25, 0.3) is 0 Å². The number of aliphatic hydroxyl groups is 1. The molecule has 2 rings (SSSR count). The summed E-state index contributed by atoms with van der Waals surface area (Å²) < 4.78 is 44.6. The van der Waals surface area contributed by atoms with Gasteiger partial charge in [0.15, 0.2) is 17.4 Å². The van der Waals surface area contributed by atoms with E-state index in [2.05, 4.69) is 4.98 Å². The number of ether oxygens (including phenoxy) is 1. The maximum absolute atomic E-state index is 13.7. The van der Waals surface area contributed by atoms with Gasteiger partial charge in [-0.05, 0) is 24.6 Å². The molecule has 0 saturated carbocycles. The van der Waals surface area contributed by atoms with Crippen molar-refractivity contribution in [3.63, 3.8) is 0 Å². The standard InChI is InChI=1S/C13H13F3N2O2/c1-8(19)9-2-3-11(10(14)6-9)20-7-12-17-4-5-18(12)13(15)16/h2-6,8,13,19H,7H2,1H3/t8-/m0/s1. The lowest BCUT2D eigenvalue weighted by Gasteiger charge is -2.11. The number of hydrogen-bond acceptors (Lipinski definition) is 3. The molecule has 20 heavy (non-hydrogen) atoms. The van der Waals surface area contributed by atoms with Crippen LogP contribution in [0.2, 0.25) is 0 Å². The number of rotatable bonds is 5. The number of hydrogen-bond donors (Lipinski definition) is 1. The van der Waals surface area contributed by atoms with E-state index in [1.165, 1.54) is 25.3 Å². The highest BCUT2D eigenvalue weighted by Crippen LogP contribution is 2.23. The molecular formula is C13H13F3N2O2. The quantitative estimate of drug-likeness (QED) is 0.919. The summed E-state index contributed by atoms with van der Waals surface area (Å²) in [5, 5.41) is 9.31. The molecule has 0 aliphatic rings. The first-order valence-corrected chi connectivity index (χ1v) is 5.89. The van der Waals surface area contributed by atoms with Gasteiger partial charge in [0.25, 0.3) is 0 Å². The minimum atomic E-state index is -2.72. The average molecular weight is 286 g/mol. The monoisotopic (exact) mass is 286 g/mol. The van der Waals surface area contributed by atoms with E-state index in [0.717, 1.165) is 12.3 Å². The summed E-state index contributed by atoms with van der Waals surface area (Å²) in [5.74, 6) is -0.754. The van der Waals surface area contributed by atoms with E-state index >= 15 is 0 Å². The fourth-order valence-corrected chi connectivity index (χ4v) is 1.67. The van der Waals surface area contributed by atoms with Crippen LogP contribution in [-0.4, -0.2) is 14.7 Å². The van der Waals surface area contributed by atoms with Crippen molar-refractivity contribution in [3.05, 3.63) is 47.8 Å². The van der Waals surface area contributed by atoms with Gasteiger partial charge in [-0.2, -0.15) is 8.78 Å². The number of halogens is 3. The van der Waals surface area contributed by atoms with E-state index in [-0.39, 0.29) is 18.2 Å². The molecule has 2 aromatic rings. The van der Waals surface area contributed by atoms with Gasteiger partial charge in [-0.15, -0.1) is 0 Å². The van der Waals surface area contributed by atoms with Crippen molar-refractivity contribution in [1.82, 2.24) is 9.55 Å². The molecule has 0 radical (unpaired) electrons. The van der Waals surface area contributed by atoms with E-state index in [9.17, 15) is 18.3 Å². The van der Waals surface area contributed by atoms with Gasteiger partial charge in [0.2, 0.25) is 0 Å². The second-order valence-electron chi connectivity index (χ2n) is 4.18. The number of benzene rings is 1. The van der Waals surface area contributed by atoms with Crippen LogP contribution >= 0.6 is 0 Å². The molecule has 0 unspecified atom stereocenters. The number of alkyl halides is 2. The fraction of sp³-hybridized carbons (Fsp3) is 0.308. The molecular weight excluding hydrogens is 273 g/mol. The van der Waals surface area contributed by atoms with Crippen LogP contribution in [0, 0.1) is 5.82 Å². The highest BCUT2D eigenvalue weighted by molar-refractivity contribution is 5.30. The van der Waals surface area contributed by atoms with E-state index in [4.69, 9.17) is 4.74 Å². The predicted octanol–water partition coefficient (Wildman–Crippen LogP) is 3.05. The van der Waals surface area contributed by atoms with Gasteiger partial charge in [0.1, 0.15) is 6.61 Å². The van der Waals surface area contributed by atoms with Gasteiger partial charge in [0.05, 0.1) is 6.10 Å². The lowest BCUT2D eigenvalue weighted by atomic mass is 10.1. The molecule has 1 aromatic carbocycles. The minimum absolute atomic E-state index is 0.000923. The Morgan fingerprint density at radius 3 is 2.75 bits per heavy atom. The summed E-state index contributed by atoms with van der Waals surface area (Å²) in [7, 11) is 0. The van der Waals surface area contributed by atoms with Crippen LogP contribution in [0.15, 0.2) is 30.6 Å². The van der Waals surface area contributed by atoms with Crippen molar-refractivity contribution in [2.24, 2.45) is 0 Å². The predicted molar refractivity (Wildman–Crippen MR) is 64.8 cm³/mol. The van der Waals surface area contributed by atoms with Gasteiger partial charge in [0, 0.05) is 12.4 Å². The second kappa shape index (κ2) is 5.96. The number of imidazole rings is 1. The van der Waals surface area contributed by atoms with Gasteiger partial charge in [-0.1, -0.05) is 6.07 Å². The lowest BCUT2D eigenvalue weighted by molar-refractivity contribution is 0.0631. The van der Waals surface area contributed by atoms with Crippen LogP contribution in [0.4, 0.5) is 13.2 Å². The first kappa shape index (κ1) is 14.4. The Kier molecular flexibility index (Phi) is 4.29. The smallest absolute Gasteiger partial charge is 0.320 e. The van der Waals surface area contributed by atoms with Crippen molar-refractivity contribution in [3.8, 4) is 5.75 Å². The van der Waals surface area contributed by atoms with Crippen molar-refractivity contribution >= 4 is 0 Å². The maximum atomic E-state index is 13.7. The van der Waals surface area contributed by atoms with Crippen molar-refractivity contribution in [2.75, 3.05) is 0 Å². The number of aromatic nitrogens is 2. The Morgan fingerprint density at radius 2 is 2.15 bits per heavy atom. The Labute approximate surface area is 113 Å². The van der Waals surface area contributed by atoms with Gasteiger partial charge >= 0.3 is 6.55 Å². The molecule has 0 fully saturated rings. The summed E-state index contributed by atoms with van der Waals surface area (Å²) in [6.45, 7) is -1.49. The zero-order chi connectivity index (χ0) is 14.7. The molecule has 4 nitrogen and oxygen atoms in total. The molecule has 0 amide bonds. The van der Waals surface area contributed by atoms with Crippen LogP contribution in [0.3, 0.4) is 0 Å². The second-order valence-corrected chi connectivity index (χ2v) is 4.18. The van der Waals surface area contributed by atoms with Crippen molar-refractivity contribution < 1.29 is 23.0 Å². The number of nitrogens with zero attached hydrogens (tertiary/aromatic N) is 2. The molecule has 7 heteroatoms. The van der Waals surface area contributed by atoms with Crippen molar-refractivity contribution in [2.45, 2.75) is 26.2 Å². The molecule has 1 heterocycles. The zero-order valence-corrected chi connectivity index (χ0v) is 10.6. The number of aliphatic hydroxyl groups excluding tert-OH is 1.